The summed E-state index contributed by atoms with van der Waals surface area (Å²) in [5.41, 5.74) is 1.03. The van der Waals surface area contributed by atoms with Gasteiger partial charge in [-0.05, 0) is 31.0 Å². The molecule has 1 N–H and O–H groups in total. The fourth-order valence-electron chi connectivity index (χ4n) is 3.41. The number of hydrogen-bond acceptors (Lipinski definition) is 5. The van der Waals surface area contributed by atoms with Gasteiger partial charge >= 0.3 is 6.36 Å². The molecule has 0 aliphatic carbocycles. The van der Waals surface area contributed by atoms with E-state index in [0.717, 1.165) is 18.6 Å². The van der Waals surface area contributed by atoms with E-state index in [1.54, 1.807) is 0 Å². The van der Waals surface area contributed by atoms with Gasteiger partial charge in [-0.25, -0.2) is 0 Å². The summed E-state index contributed by atoms with van der Waals surface area (Å²) in [5.74, 6) is -0.459. The molecule has 0 bridgehead atoms. The van der Waals surface area contributed by atoms with Crippen LogP contribution >= 0.6 is 11.8 Å². The highest BCUT2D eigenvalue weighted by molar-refractivity contribution is 8.01. The third-order valence-corrected chi connectivity index (χ3v) is 5.88. The number of benzene rings is 1. The number of carbonyl (C=O) groups excluding carboxylic acids is 1. The Hall–Kier alpha value is -1.74. The van der Waals surface area contributed by atoms with Crippen molar-refractivity contribution in [2.24, 2.45) is 4.99 Å². The van der Waals surface area contributed by atoms with Gasteiger partial charge in [0.2, 0.25) is 5.91 Å². The monoisotopic (exact) mass is 372 g/mol. The molecule has 1 spiro atoms. The normalized spacial score (nSPS) is 24.8. The standard InChI is InChI=1S/C16H15F3N2O3S/c17-16(18,19)24-9-1-2-10-12(7-9)25-13-11(20-10)8-15(21-14(13)22)3-5-23-6-4-15/h1-2,7,13H,3-6,8H2,(H,21,22). The number of alkyl halides is 3. The topological polar surface area (TPSA) is 59.9 Å². The van der Waals surface area contributed by atoms with E-state index in [1.165, 1.54) is 30.0 Å². The van der Waals surface area contributed by atoms with Crippen LogP contribution in [0.4, 0.5) is 18.9 Å². The number of aliphatic imine (C=N–C) groups is 1. The average molecular weight is 372 g/mol. The van der Waals surface area contributed by atoms with Crippen LogP contribution < -0.4 is 10.1 Å². The third-order valence-electron chi connectivity index (χ3n) is 4.57. The van der Waals surface area contributed by atoms with Crippen LogP contribution in [0.5, 0.6) is 5.75 Å². The van der Waals surface area contributed by atoms with Gasteiger partial charge in [0, 0.05) is 35.8 Å². The predicted molar refractivity (Wildman–Crippen MR) is 85.4 cm³/mol. The first-order chi connectivity index (χ1) is 11.8. The van der Waals surface area contributed by atoms with Gasteiger partial charge in [-0.3, -0.25) is 9.79 Å². The van der Waals surface area contributed by atoms with Gasteiger partial charge in [0.25, 0.3) is 0 Å². The second kappa shape index (κ2) is 5.91. The lowest BCUT2D eigenvalue weighted by Crippen LogP contribution is -2.61. The highest BCUT2D eigenvalue weighted by Crippen LogP contribution is 2.44. The van der Waals surface area contributed by atoms with Crippen molar-refractivity contribution in [3.05, 3.63) is 18.2 Å². The highest BCUT2D eigenvalue weighted by atomic mass is 32.2. The number of halogens is 3. The van der Waals surface area contributed by atoms with E-state index < -0.39 is 11.6 Å². The van der Waals surface area contributed by atoms with Crippen molar-refractivity contribution >= 4 is 29.1 Å². The summed E-state index contributed by atoms with van der Waals surface area (Å²) in [5, 5.41) is 2.57. The van der Waals surface area contributed by atoms with E-state index in [1.807, 2.05) is 0 Å². The second-order valence-electron chi connectivity index (χ2n) is 6.34. The van der Waals surface area contributed by atoms with E-state index in [2.05, 4.69) is 15.0 Å². The van der Waals surface area contributed by atoms with Crippen LogP contribution in [-0.2, 0) is 9.53 Å². The van der Waals surface area contributed by atoms with Crippen molar-refractivity contribution in [1.29, 1.82) is 0 Å². The molecular formula is C16H15F3N2O3S. The molecule has 1 unspecified atom stereocenters. The molecule has 0 radical (unpaired) electrons. The predicted octanol–water partition coefficient (Wildman–Crippen LogP) is 3.20. The van der Waals surface area contributed by atoms with Crippen LogP contribution in [0.2, 0.25) is 0 Å². The smallest absolute Gasteiger partial charge is 0.406 e. The molecule has 2 saturated heterocycles. The van der Waals surface area contributed by atoms with Crippen LogP contribution in [-0.4, -0.2) is 42.0 Å². The van der Waals surface area contributed by atoms with Crippen LogP contribution in [0, 0.1) is 0 Å². The first-order valence-corrected chi connectivity index (χ1v) is 8.75. The lowest BCUT2D eigenvalue weighted by Gasteiger charge is -2.44. The fraction of sp³-hybridized carbons (Fsp3) is 0.500. The molecule has 4 rings (SSSR count). The molecule has 1 aromatic carbocycles. The average Bonchev–Trinajstić information content (AvgIpc) is 2.53. The largest absolute Gasteiger partial charge is 0.573 e. The molecule has 25 heavy (non-hydrogen) atoms. The zero-order valence-corrected chi connectivity index (χ0v) is 13.9. The molecule has 1 atom stereocenters. The zero-order chi connectivity index (χ0) is 17.7. The Morgan fingerprint density at radius 2 is 2.08 bits per heavy atom. The quantitative estimate of drug-likeness (QED) is 0.823. The van der Waals surface area contributed by atoms with Gasteiger partial charge in [-0.15, -0.1) is 24.9 Å². The molecule has 2 fully saturated rings. The minimum absolute atomic E-state index is 0.148. The zero-order valence-electron chi connectivity index (χ0n) is 13.1. The Kier molecular flexibility index (Phi) is 3.95. The van der Waals surface area contributed by atoms with Gasteiger partial charge in [-0.2, -0.15) is 0 Å². The van der Waals surface area contributed by atoms with E-state index in [0.29, 0.717) is 30.2 Å². The molecule has 3 heterocycles. The fourth-order valence-corrected chi connectivity index (χ4v) is 4.52. The maximum absolute atomic E-state index is 12.6. The van der Waals surface area contributed by atoms with Gasteiger partial charge in [0.05, 0.1) is 5.69 Å². The number of fused-ring (bicyclic) bond motifs is 2. The maximum atomic E-state index is 12.6. The molecule has 134 valence electrons. The second-order valence-corrected chi connectivity index (χ2v) is 7.48. The molecule has 9 heteroatoms. The summed E-state index contributed by atoms with van der Waals surface area (Å²) in [6.45, 7) is 1.19. The number of ether oxygens (including phenoxy) is 2. The summed E-state index contributed by atoms with van der Waals surface area (Å²) in [4.78, 5) is 17.6. The van der Waals surface area contributed by atoms with Crippen molar-refractivity contribution in [2.75, 3.05) is 13.2 Å². The minimum atomic E-state index is -4.75. The number of amides is 1. The van der Waals surface area contributed by atoms with E-state index in [-0.39, 0.29) is 17.2 Å². The summed E-state index contributed by atoms with van der Waals surface area (Å²) in [6, 6.07) is 4.01. The Morgan fingerprint density at radius 3 is 2.80 bits per heavy atom. The van der Waals surface area contributed by atoms with Crippen molar-refractivity contribution in [2.45, 2.75) is 41.3 Å². The van der Waals surface area contributed by atoms with Crippen LogP contribution in [0.1, 0.15) is 19.3 Å². The molecule has 5 nitrogen and oxygen atoms in total. The van der Waals surface area contributed by atoms with Crippen molar-refractivity contribution < 1.29 is 27.4 Å². The highest BCUT2D eigenvalue weighted by Gasteiger charge is 2.45. The molecule has 1 amide bonds. The summed E-state index contributed by atoms with van der Waals surface area (Å²) in [6.07, 6.45) is -2.64. The Balaban J connectivity index is 1.63. The van der Waals surface area contributed by atoms with E-state index in [9.17, 15) is 18.0 Å². The Morgan fingerprint density at radius 1 is 1.32 bits per heavy atom. The molecule has 0 aromatic heterocycles. The molecule has 3 aliphatic rings. The number of rotatable bonds is 1. The minimum Gasteiger partial charge on any atom is -0.406 e. The van der Waals surface area contributed by atoms with E-state index >= 15 is 0 Å². The molecule has 0 saturated carbocycles. The number of nitrogens with zero attached hydrogens (tertiary/aromatic N) is 1. The summed E-state index contributed by atoms with van der Waals surface area (Å²) >= 11 is 1.22. The SMILES string of the molecule is O=C1NC2(CCOCC2)CC2=Nc3ccc(OC(F)(F)F)cc3SC12. The lowest BCUT2D eigenvalue weighted by molar-refractivity contribution is -0.274. The number of piperidine rings is 1. The first-order valence-electron chi connectivity index (χ1n) is 7.87. The van der Waals surface area contributed by atoms with Crippen LogP contribution in [0.25, 0.3) is 0 Å². The van der Waals surface area contributed by atoms with Gasteiger partial charge < -0.3 is 14.8 Å². The number of hydrogen-bond donors (Lipinski definition) is 1. The number of carbonyl (C=O) groups is 1. The summed E-state index contributed by atoms with van der Waals surface area (Å²) < 4.78 is 46.4. The van der Waals surface area contributed by atoms with Crippen LogP contribution in [0.3, 0.4) is 0 Å². The van der Waals surface area contributed by atoms with E-state index in [4.69, 9.17) is 4.74 Å². The maximum Gasteiger partial charge on any atom is 0.573 e. The van der Waals surface area contributed by atoms with Gasteiger partial charge in [0.1, 0.15) is 11.0 Å². The van der Waals surface area contributed by atoms with Gasteiger partial charge in [0.15, 0.2) is 0 Å². The first kappa shape index (κ1) is 16.7. The number of thioether (sulfide) groups is 1. The van der Waals surface area contributed by atoms with Crippen molar-refractivity contribution in [3.63, 3.8) is 0 Å². The van der Waals surface area contributed by atoms with Gasteiger partial charge in [-0.1, -0.05) is 0 Å². The lowest BCUT2D eigenvalue weighted by atomic mass is 9.81. The summed E-state index contributed by atoms with van der Waals surface area (Å²) in [7, 11) is 0. The number of nitrogens with one attached hydrogen (secondary N) is 1. The molecular weight excluding hydrogens is 357 g/mol. The third kappa shape index (κ3) is 3.35. The molecule has 1 aromatic rings. The Labute approximate surface area is 146 Å². The Bertz CT molecular complexity index is 745. The van der Waals surface area contributed by atoms with Crippen LogP contribution in [0.15, 0.2) is 28.1 Å². The van der Waals surface area contributed by atoms with Crippen molar-refractivity contribution in [1.82, 2.24) is 5.32 Å². The van der Waals surface area contributed by atoms with Crippen molar-refractivity contribution in [3.8, 4) is 5.75 Å². The molecule has 3 aliphatic heterocycles.